The molecule has 0 unspecified atom stereocenters. The van der Waals surface area contributed by atoms with Gasteiger partial charge in [0.2, 0.25) is 0 Å². The summed E-state index contributed by atoms with van der Waals surface area (Å²) in [6.45, 7) is 1.86. The first kappa shape index (κ1) is 10.4. The molecule has 1 aromatic carbocycles. The molecule has 1 N–H and O–H groups in total. The first-order valence-electron chi connectivity index (χ1n) is 5.76. The van der Waals surface area contributed by atoms with Crippen LogP contribution in [0, 0.1) is 5.82 Å². The summed E-state index contributed by atoms with van der Waals surface area (Å²) in [4.78, 5) is 4.26. The fraction of sp³-hybridized carbons (Fsp3) is 0.214. The second-order valence-corrected chi connectivity index (χ2v) is 4.31. The van der Waals surface area contributed by atoms with E-state index in [1.165, 1.54) is 6.20 Å². The van der Waals surface area contributed by atoms with Gasteiger partial charge in [0, 0.05) is 24.6 Å². The second kappa shape index (κ2) is 4.26. The lowest BCUT2D eigenvalue weighted by Crippen LogP contribution is -2.40. The normalized spacial score (nSPS) is 15.6. The van der Waals surface area contributed by atoms with Crippen LogP contribution in [0.5, 0.6) is 0 Å². The summed E-state index contributed by atoms with van der Waals surface area (Å²) in [6.07, 6.45) is 1.31. The molecule has 0 atom stereocenters. The largest absolute Gasteiger partial charge is 0.315 e. The van der Waals surface area contributed by atoms with Crippen LogP contribution >= 0.6 is 0 Å². The van der Waals surface area contributed by atoms with E-state index in [4.69, 9.17) is 0 Å². The lowest BCUT2D eigenvalue weighted by atomic mass is 9.91. The minimum absolute atomic E-state index is 0.278. The van der Waals surface area contributed by atoms with Crippen LogP contribution in [0.25, 0.3) is 11.1 Å². The molecular formula is C14H13FN2. The number of rotatable bonds is 2. The molecule has 2 aromatic rings. The number of nitrogens with zero attached hydrogens (tertiary/aromatic N) is 1. The predicted octanol–water partition coefficient (Wildman–Crippen LogP) is 2.57. The Morgan fingerprint density at radius 1 is 1.18 bits per heavy atom. The monoisotopic (exact) mass is 228 g/mol. The fourth-order valence-corrected chi connectivity index (χ4v) is 2.11. The Morgan fingerprint density at radius 2 is 1.94 bits per heavy atom. The molecule has 1 fully saturated rings. The molecular weight excluding hydrogens is 215 g/mol. The standard InChI is InChI=1S/C14H13FN2/c15-12-6-13(10-4-2-1-3-5-10)14(17-9-12)11-7-16-8-11/h1-6,9,11,16H,7-8H2. The van der Waals surface area contributed by atoms with Crippen molar-refractivity contribution in [3.05, 3.63) is 54.1 Å². The minimum atomic E-state index is -0.278. The number of aromatic nitrogens is 1. The van der Waals surface area contributed by atoms with Gasteiger partial charge < -0.3 is 5.32 Å². The second-order valence-electron chi connectivity index (χ2n) is 4.31. The van der Waals surface area contributed by atoms with E-state index in [0.717, 1.165) is 29.9 Å². The van der Waals surface area contributed by atoms with Crippen molar-refractivity contribution in [3.63, 3.8) is 0 Å². The molecule has 0 radical (unpaired) electrons. The van der Waals surface area contributed by atoms with Gasteiger partial charge >= 0.3 is 0 Å². The van der Waals surface area contributed by atoms with E-state index in [-0.39, 0.29) is 5.82 Å². The van der Waals surface area contributed by atoms with Gasteiger partial charge in [-0.25, -0.2) is 4.39 Å². The summed E-state index contributed by atoms with van der Waals surface area (Å²) in [5.41, 5.74) is 2.94. The third kappa shape index (κ3) is 1.94. The van der Waals surface area contributed by atoms with Gasteiger partial charge in [0.25, 0.3) is 0 Å². The van der Waals surface area contributed by atoms with Crippen LogP contribution in [0.15, 0.2) is 42.6 Å². The van der Waals surface area contributed by atoms with Crippen molar-refractivity contribution in [1.29, 1.82) is 0 Å². The molecule has 1 aromatic heterocycles. The van der Waals surface area contributed by atoms with Gasteiger partial charge in [0.15, 0.2) is 0 Å². The maximum absolute atomic E-state index is 13.3. The average Bonchev–Trinajstić information content (AvgIpc) is 2.30. The van der Waals surface area contributed by atoms with Crippen molar-refractivity contribution in [2.45, 2.75) is 5.92 Å². The molecule has 2 heterocycles. The number of benzene rings is 1. The Kier molecular flexibility index (Phi) is 2.61. The zero-order chi connectivity index (χ0) is 11.7. The van der Waals surface area contributed by atoms with Crippen LogP contribution in [0.2, 0.25) is 0 Å². The third-order valence-electron chi connectivity index (χ3n) is 3.14. The SMILES string of the molecule is Fc1cnc(C2CNC2)c(-c2ccccc2)c1. The lowest BCUT2D eigenvalue weighted by Gasteiger charge is -2.28. The van der Waals surface area contributed by atoms with E-state index < -0.39 is 0 Å². The van der Waals surface area contributed by atoms with E-state index in [1.54, 1.807) is 6.07 Å². The highest BCUT2D eigenvalue weighted by atomic mass is 19.1. The van der Waals surface area contributed by atoms with Crippen LogP contribution in [-0.2, 0) is 0 Å². The molecule has 86 valence electrons. The molecule has 1 aliphatic heterocycles. The zero-order valence-corrected chi connectivity index (χ0v) is 9.36. The summed E-state index contributed by atoms with van der Waals surface area (Å²) in [5.74, 6) is 0.130. The number of hydrogen-bond donors (Lipinski definition) is 1. The average molecular weight is 228 g/mol. The molecule has 3 heteroatoms. The van der Waals surface area contributed by atoms with Crippen molar-refractivity contribution in [1.82, 2.24) is 10.3 Å². The van der Waals surface area contributed by atoms with E-state index >= 15 is 0 Å². The van der Waals surface area contributed by atoms with Crippen molar-refractivity contribution >= 4 is 0 Å². The van der Waals surface area contributed by atoms with Crippen LogP contribution in [0.4, 0.5) is 4.39 Å². The predicted molar refractivity (Wildman–Crippen MR) is 65.2 cm³/mol. The quantitative estimate of drug-likeness (QED) is 0.854. The molecule has 1 aliphatic rings. The highest BCUT2D eigenvalue weighted by Crippen LogP contribution is 2.30. The first-order valence-corrected chi connectivity index (χ1v) is 5.76. The lowest BCUT2D eigenvalue weighted by molar-refractivity contribution is 0.439. The summed E-state index contributed by atoms with van der Waals surface area (Å²) in [7, 11) is 0. The van der Waals surface area contributed by atoms with Gasteiger partial charge in [-0.15, -0.1) is 0 Å². The molecule has 1 saturated heterocycles. The van der Waals surface area contributed by atoms with Gasteiger partial charge in [-0.05, 0) is 11.6 Å². The van der Waals surface area contributed by atoms with Gasteiger partial charge in [-0.1, -0.05) is 30.3 Å². The third-order valence-corrected chi connectivity index (χ3v) is 3.14. The Balaban J connectivity index is 2.10. The van der Waals surface area contributed by atoms with E-state index in [9.17, 15) is 4.39 Å². The highest BCUT2D eigenvalue weighted by Gasteiger charge is 2.23. The van der Waals surface area contributed by atoms with Gasteiger partial charge in [-0.3, -0.25) is 4.98 Å². The molecule has 0 aliphatic carbocycles. The van der Waals surface area contributed by atoms with Crippen molar-refractivity contribution < 1.29 is 4.39 Å². The highest BCUT2D eigenvalue weighted by molar-refractivity contribution is 5.66. The molecule has 0 saturated carbocycles. The minimum Gasteiger partial charge on any atom is -0.315 e. The molecule has 0 amide bonds. The smallest absolute Gasteiger partial charge is 0.142 e. The molecule has 0 spiro atoms. The topological polar surface area (TPSA) is 24.9 Å². The van der Waals surface area contributed by atoms with E-state index in [1.807, 2.05) is 30.3 Å². The summed E-state index contributed by atoms with van der Waals surface area (Å²) < 4.78 is 13.3. The van der Waals surface area contributed by atoms with Crippen molar-refractivity contribution in [2.75, 3.05) is 13.1 Å². The molecule has 3 rings (SSSR count). The summed E-state index contributed by atoms with van der Waals surface area (Å²) in [5, 5.41) is 3.22. The van der Waals surface area contributed by atoms with Crippen molar-refractivity contribution in [2.24, 2.45) is 0 Å². The molecule has 17 heavy (non-hydrogen) atoms. The van der Waals surface area contributed by atoms with Crippen LogP contribution < -0.4 is 5.32 Å². The molecule has 2 nitrogen and oxygen atoms in total. The fourth-order valence-electron chi connectivity index (χ4n) is 2.11. The van der Waals surface area contributed by atoms with Gasteiger partial charge in [0.05, 0.1) is 11.9 Å². The van der Waals surface area contributed by atoms with Gasteiger partial charge in [0.1, 0.15) is 5.82 Å². The maximum Gasteiger partial charge on any atom is 0.142 e. The number of halogens is 1. The zero-order valence-electron chi connectivity index (χ0n) is 9.36. The Morgan fingerprint density at radius 3 is 2.59 bits per heavy atom. The van der Waals surface area contributed by atoms with Crippen LogP contribution in [0.3, 0.4) is 0 Å². The summed E-state index contributed by atoms with van der Waals surface area (Å²) >= 11 is 0. The Bertz CT molecular complexity index is 521. The Labute approximate surface area is 99.5 Å². The number of hydrogen-bond acceptors (Lipinski definition) is 2. The van der Waals surface area contributed by atoms with E-state index in [0.29, 0.717) is 5.92 Å². The Hall–Kier alpha value is -1.74. The molecule has 0 bridgehead atoms. The van der Waals surface area contributed by atoms with E-state index in [2.05, 4.69) is 10.3 Å². The maximum atomic E-state index is 13.3. The van der Waals surface area contributed by atoms with Gasteiger partial charge in [-0.2, -0.15) is 0 Å². The van der Waals surface area contributed by atoms with Crippen LogP contribution in [0.1, 0.15) is 11.6 Å². The number of pyridine rings is 1. The first-order chi connectivity index (χ1) is 8.34. The number of nitrogens with one attached hydrogen (secondary N) is 1. The van der Waals surface area contributed by atoms with Crippen molar-refractivity contribution in [3.8, 4) is 11.1 Å². The summed E-state index contributed by atoms with van der Waals surface area (Å²) in [6, 6.07) is 11.4. The van der Waals surface area contributed by atoms with Crippen LogP contribution in [-0.4, -0.2) is 18.1 Å².